The topological polar surface area (TPSA) is 89.9 Å². The lowest BCUT2D eigenvalue weighted by atomic mass is 10.3. The first-order valence-corrected chi connectivity index (χ1v) is 3.99. The van der Waals surface area contributed by atoms with Gasteiger partial charge in [0.25, 0.3) is 0 Å². The number of aliphatic hydroxyl groups excluding tert-OH is 1. The summed E-state index contributed by atoms with van der Waals surface area (Å²) in [5.41, 5.74) is 0. The molecule has 80 valence electrons. The Labute approximate surface area is 80.7 Å². The van der Waals surface area contributed by atoms with Crippen LogP contribution >= 0.6 is 0 Å². The van der Waals surface area contributed by atoms with E-state index in [1.807, 2.05) is 0 Å². The zero-order valence-corrected chi connectivity index (χ0v) is 7.98. The summed E-state index contributed by atoms with van der Waals surface area (Å²) in [5, 5.41) is 8.74. The highest BCUT2D eigenvalue weighted by Gasteiger charge is 2.13. The van der Waals surface area contributed by atoms with Gasteiger partial charge in [-0.1, -0.05) is 0 Å². The molecule has 0 spiro atoms. The van der Waals surface area contributed by atoms with Gasteiger partial charge in [0, 0.05) is 0 Å². The summed E-state index contributed by atoms with van der Waals surface area (Å²) < 4.78 is 0. The van der Waals surface area contributed by atoms with Crippen LogP contribution in [0.3, 0.4) is 0 Å². The van der Waals surface area contributed by atoms with Gasteiger partial charge in [0.2, 0.25) is 0 Å². The van der Waals surface area contributed by atoms with E-state index in [4.69, 9.17) is 5.11 Å². The van der Waals surface area contributed by atoms with Crippen molar-refractivity contribution in [1.29, 1.82) is 0 Å². The molecule has 0 aliphatic heterocycles. The quantitative estimate of drug-likeness (QED) is 0.385. The van der Waals surface area contributed by atoms with Crippen LogP contribution in [0, 0.1) is 0 Å². The van der Waals surface area contributed by atoms with E-state index >= 15 is 0 Å². The van der Waals surface area contributed by atoms with Crippen molar-refractivity contribution in [2.45, 2.75) is 32.8 Å². The lowest BCUT2D eigenvalue weighted by molar-refractivity contribution is -0.259. The van der Waals surface area contributed by atoms with E-state index in [-0.39, 0.29) is 12.2 Å². The van der Waals surface area contributed by atoms with Gasteiger partial charge in [-0.05, 0) is 13.8 Å². The van der Waals surface area contributed by atoms with Crippen molar-refractivity contribution in [3.8, 4) is 0 Å². The monoisotopic (exact) mass is 204 g/mol. The average molecular weight is 204 g/mol. The summed E-state index contributed by atoms with van der Waals surface area (Å²) in [6, 6.07) is 0. The van der Waals surface area contributed by atoms with Crippen LogP contribution in [0.25, 0.3) is 0 Å². The van der Waals surface area contributed by atoms with Crippen molar-refractivity contribution in [2.24, 2.45) is 0 Å². The summed E-state index contributed by atoms with van der Waals surface area (Å²) in [5.74, 6) is -2.19. The third kappa shape index (κ3) is 7.23. The molecule has 0 aromatic rings. The Morgan fingerprint density at radius 3 is 2.14 bits per heavy atom. The van der Waals surface area contributed by atoms with Gasteiger partial charge in [-0.3, -0.25) is 4.79 Å². The SMILES string of the molecule is CC(=O)CC(=O)OOC(=O)CC(C)O. The Kier molecular flexibility index (Phi) is 5.47. The van der Waals surface area contributed by atoms with Gasteiger partial charge < -0.3 is 5.11 Å². The maximum absolute atomic E-state index is 10.7. The van der Waals surface area contributed by atoms with Crippen LogP contribution in [0.2, 0.25) is 0 Å². The van der Waals surface area contributed by atoms with Gasteiger partial charge in [-0.2, -0.15) is 0 Å². The molecule has 0 saturated heterocycles. The first-order chi connectivity index (χ1) is 6.41. The molecule has 0 aliphatic rings. The van der Waals surface area contributed by atoms with Gasteiger partial charge in [-0.15, -0.1) is 0 Å². The highest BCUT2D eigenvalue weighted by atomic mass is 17.2. The van der Waals surface area contributed by atoms with Crippen LogP contribution < -0.4 is 0 Å². The van der Waals surface area contributed by atoms with Gasteiger partial charge in [-0.25, -0.2) is 19.4 Å². The van der Waals surface area contributed by atoms with Crippen LogP contribution in [0.4, 0.5) is 0 Å². The summed E-state index contributed by atoms with van der Waals surface area (Å²) in [6.07, 6.45) is -1.58. The fourth-order valence-electron chi connectivity index (χ4n) is 0.601. The van der Waals surface area contributed by atoms with E-state index in [1.54, 1.807) is 0 Å². The second kappa shape index (κ2) is 6.09. The second-order valence-electron chi connectivity index (χ2n) is 2.84. The van der Waals surface area contributed by atoms with Crippen LogP contribution in [0.5, 0.6) is 0 Å². The zero-order valence-electron chi connectivity index (χ0n) is 7.98. The van der Waals surface area contributed by atoms with E-state index in [9.17, 15) is 14.4 Å². The Bertz CT molecular complexity index is 232. The minimum Gasteiger partial charge on any atom is -0.393 e. The molecule has 0 aliphatic carbocycles. The van der Waals surface area contributed by atoms with Crippen LogP contribution in [0.1, 0.15) is 26.7 Å². The van der Waals surface area contributed by atoms with Crippen molar-refractivity contribution >= 4 is 17.7 Å². The Morgan fingerprint density at radius 1 is 1.21 bits per heavy atom. The summed E-state index contributed by atoms with van der Waals surface area (Å²) in [6.45, 7) is 2.59. The van der Waals surface area contributed by atoms with Crippen molar-refractivity contribution in [1.82, 2.24) is 0 Å². The molecule has 0 rings (SSSR count). The number of aliphatic hydroxyl groups is 1. The smallest absolute Gasteiger partial charge is 0.362 e. The molecule has 1 unspecified atom stereocenters. The number of hydrogen-bond donors (Lipinski definition) is 1. The number of carbonyl (C=O) groups excluding carboxylic acids is 3. The summed E-state index contributed by atoms with van der Waals surface area (Å²) >= 11 is 0. The Morgan fingerprint density at radius 2 is 1.71 bits per heavy atom. The predicted octanol–water partition coefficient (Wildman–Crippen LogP) is -0.262. The standard InChI is InChI=1S/C8H12O6/c1-5(9)3-7(11)13-14-8(12)4-6(2)10/h5,9H,3-4H2,1-2H3. The molecule has 14 heavy (non-hydrogen) atoms. The minimum absolute atomic E-state index is 0.270. The molecule has 0 aromatic carbocycles. The number of hydrogen-bond acceptors (Lipinski definition) is 6. The van der Waals surface area contributed by atoms with Crippen LogP contribution in [-0.4, -0.2) is 28.9 Å². The number of Topliss-reactive ketones (excluding diaryl/α,β-unsaturated/α-hetero) is 1. The number of ketones is 1. The fourth-order valence-corrected chi connectivity index (χ4v) is 0.601. The summed E-state index contributed by atoms with van der Waals surface area (Å²) in [7, 11) is 0. The van der Waals surface area contributed by atoms with E-state index in [1.165, 1.54) is 13.8 Å². The predicted molar refractivity (Wildman–Crippen MR) is 43.8 cm³/mol. The molecular weight excluding hydrogens is 192 g/mol. The van der Waals surface area contributed by atoms with Crippen LogP contribution in [-0.2, 0) is 24.2 Å². The maximum atomic E-state index is 10.7. The van der Waals surface area contributed by atoms with Gasteiger partial charge in [0.05, 0.1) is 12.5 Å². The molecular formula is C8H12O6. The van der Waals surface area contributed by atoms with E-state index in [0.717, 1.165) is 0 Å². The molecule has 1 atom stereocenters. The average Bonchev–Trinajstić information content (AvgIpc) is 1.98. The zero-order chi connectivity index (χ0) is 11.1. The van der Waals surface area contributed by atoms with Crippen molar-refractivity contribution < 1.29 is 29.3 Å². The molecule has 0 saturated carbocycles. The normalized spacial score (nSPS) is 11.6. The molecule has 0 radical (unpaired) electrons. The molecule has 0 fully saturated rings. The highest BCUT2D eigenvalue weighted by Crippen LogP contribution is 1.95. The van der Waals surface area contributed by atoms with Crippen molar-refractivity contribution in [3.63, 3.8) is 0 Å². The summed E-state index contributed by atoms with van der Waals surface area (Å²) in [4.78, 5) is 39.8. The van der Waals surface area contributed by atoms with Gasteiger partial charge in [0.15, 0.2) is 0 Å². The molecule has 0 heterocycles. The molecule has 0 bridgehead atoms. The lowest BCUT2D eigenvalue weighted by Gasteiger charge is -2.03. The number of rotatable bonds is 4. The molecule has 6 heteroatoms. The van der Waals surface area contributed by atoms with Gasteiger partial charge >= 0.3 is 11.9 Å². The van der Waals surface area contributed by atoms with Crippen molar-refractivity contribution in [2.75, 3.05) is 0 Å². The molecule has 6 nitrogen and oxygen atoms in total. The third-order valence-corrected chi connectivity index (χ3v) is 1.08. The minimum atomic E-state index is -0.934. The highest BCUT2D eigenvalue weighted by molar-refractivity contribution is 5.94. The van der Waals surface area contributed by atoms with E-state index in [2.05, 4.69) is 9.78 Å². The first-order valence-electron chi connectivity index (χ1n) is 3.99. The number of carbonyl (C=O) groups is 3. The second-order valence-corrected chi connectivity index (χ2v) is 2.84. The van der Waals surface area contributed by atoms with Gasteiger partial charge in [0.1, 0.15) is 12.2 Å². The Hall–Kier alpha value is -1.43. The lowest BCUT2D eigenvalue weighted by Crippen LogP contribution is -2.16. The third-order valence-electron chi connectivity index (χ3n) is 1.08. The van der Waals surface area contributed by atoms with Crippen molar-refractivity contribution in [3.05, 3.63) is 0 Å². The first kappa shape index (κ1) is 12.6. The largest absolute Gasteiger partial charge is 0.393 e. The fraction of sp³-hybridized carbons (Fsp3) is 0.625. The molecule has 1 N–H and O–H groups in total. The molecule has 0 amide bonds. The Balaban J connectivity index is 3.67. The van der Waals surface area contributed by atoms with E-state index < -0.39 is 24.5 Å². The maximum Gasteiger partial charge on any atom is 0.362 e. The molecule has 0 aromatic heterocycles. The van der Waals surface area contributed by atoms with Crippen LogP contribution in [0.15, 0.2) is 0 Å². The van der Waals surface area contributed by atoms with E-state index in [0.29, 0.717) is 0 Å².